The van der Waals surface area contributed by atoms with Crippen LogP contribution < -0.4 is 11.1 Å². The lowest BCUT2D eigenvalue weighted by Crippen LogP contribution is -2.07. The van der Waals surface area contributed by atoms with E-state index in [2.05, 4.69) is 5.32 Å². The maximum atomic E-state index is 10.4. The number of hydrogen-bond acceptors (Lipinski definition) is 3. The summed E-state index contributed by atoms with van der Waals surface area (Å²) in [6.07, 6.45) is 2.78. The van der Waals surface area contributed by atoms with Crippen LogP contribution in [0.3, 0.4) is 0 Å². The molecule has 14 heavy (non-hydrogen) atoms. The first-order valence-electron chi connectivity index (χ1n) is 4.46. The number of primary amides is 1. The highest BCUT2D eigenvalue weighted by molar-refractivity contribution is 7.17. The lowest BCUT2D eigenvalue weighted by atomic mass is 10.4. The third-order valence-electron chi connectivity index (χ3n) is 1.77. The van der Waals surface area contributed by atoms with Crippen LogP contribution in [-0.2, 0) is 0 Å². The molecule has 2 rings (SSSR count). The highest BCUT2D eigenvalue weighted by Crippen LogP contribution is 2.20. The van der Waals surface area contributed by atoms with Gasteiger partial charge < -0.3 is 11.1 Å². The number of carbonyl (C=O) groups excluding carboxylic acids is 1. The van der Waals surface area contributed by atoms with Crippen LogP contribution in [-0.4, -0.2) is 19.0 Å². The summed E-state index contributed by atoms with van der Waals surface area (Å²) in [5.41, 5.74) is 4.94. The fraction of sp³-hybridized carbons (Fsp3) is 0.444. The molecular weight excluding hydrogens is 220 g/mol. The number of halogens is 1. The van der Waals surface area contributed by atoms with Gasteiger partial charge in [-0.2, -0.15) is 0 Å². The van der Waals surface area contributed by atoms with E-state index in [1.165, 1.54) is 37.3 Å². The largest absolute Gasteiger partial charge is 0.365 e. The molecule has 5 heteroatoms. The SMILES string of the molecule is C1CCNC1.NC(=O)c1ccc(Cl)s1. The van der Waals surface area contributed by atoms with Crippen molar-refractivity contribution in [2.45, 2.75) is 12.8 Å². The van der Waals surface area contributed by atoms with Crippen molar-refractivity contribution in [2.24, 2.45) is 5.73 Å². The number of rotatable bonds is 1. The van der Waals surface area contributed by atoms with Crippen LogP contribution in [0.5, 0.6) is 0 Å². The molecule has 1 aromatic heterocycles. The van der Waals surface area contributed by atoms with Gasteiger partial charge in [-0.1, -0.05) is 11.6 Å². The van der Waals surface area contributed by atoms with Gasteiger partial charge in [-0.05, 0) is 38.1 Å². The highest BCUT2D eigenvalue weighted by Gasteiger charge is 2.01. The first kappa shape index (κ1) is 11.5. The van der Waals surface area contributed by atoms with Crippen molar-refractivity contribution in [3.8, 4) is 0 Å². The molecule has 1 aliphatic heterocycles. The molecule has 2 heterocycles. The molecule has 0 radical (unpaired) electrons. The van der Waals surface area contributed by atoms with Gasteiger partial charge in [0.05, 0.1) is 9.21 Å². The zero-order chi connectivity index (χ0) is 10.4. The highest BCUT2D eigenvalue weighted by atomic mass is 35.5. The Bertz CT molecular complexity index is 289. The Morgan fingerprint density at radius 2 is 2.07 bits per heavy atom. The second-order valence-corrected chi connectivity index (χ2v) is 4.64. The fourth-order valence-electron chi connectivity index (χ4n) is 1.07. The first-order chi connectivity index (χ1) is 6.70. The van der Waals surface area contributed by atoms with Gasteiger partial charge in [0, 0.05) is 0 Å². The van der Waals surface area contributed by atoms with E-state index in [1.807, 2.05) is 0 Å². The lowest BCUT2D eigenvalue weighted by Gasteiger charge is -1.80. The first-order valence-corrected chi connectivity index (χ1v) is 5.65. The third-order valence-corrected chi connectivity index (χ3v) is 3.02. The maximum absolute atomic E-state index is 10.4. The molecule has 1 aliphatic rings. The summed E-state index contributed by atoms with van der Waals surface area (Å²) >= 11 is 6.70. The molecule has 3 nitrogen and oxygen atoms in total. The van der Waals surface area contributed by atoms with Gasteiger partial charge >= 0.3 is 0 Å². The minimum Gasteiger partial charge on any atom is -0.365 e. The molecule has 78 valence electrons. The summed E-state index contributed by atoms with van der Waals surface area (Å²) < 4.78 is 0.587. The summed E-state index contributed by atoms with van der Waals surface area (Å²) in [6, 6.07) is 3.25. The standard InChI is InChI=1S/C5H4ClNOS.C4H9N/c6-4-2-1-3(9-4)5(7)8;1-2-4-5-3-1/h1-2H,(H2,7,8);5H,1-4H2. The summed E-state index contributed by atoms with van der Waals surface area (Å²) in [6.45, 7) is 2.50. The summed E-state index contributed by atoms with van der Waals surface area (Å²) in [7, 11) is 0. The van der Waals surface area contributed by atoms with Crippen molar-refractivity contribution in [2.75, 3.05) is 13.1 Å². The van der Waals surface area contributed by atoms with Crippen LogP contribution in [0.2, 0.25) is 4.34 Å². The van der Waals surface area contributed by atoms with E-state index in [-0.39, 0.29) is 0 Å². The van der Waals surface area contributed by atoms with Crippen LogP contribution in [0.4, 0.5) is 0 Å². The van der Waals surface area contributed by atoms with Crippen LogP contribution >= 0.6 is 22.9 Å². The average molecular weight is 233 g/mol. The molecule has 0 aromatic carbocycles. The lowest BCUT2D eigenvalue weighted by molar-refractivity contribution is 0.100. The normalized spacial score (nSPS) is 14.6. The van der Waals surface area contributed by atoms with Crippen molar-refractivity contribution in [1.82, 2.24) is 5.32 Å². The molecule has 0 saturated carbocycles. The number of thiophene rings is 1. The summed E-state index contributed by atoms with van der Waals surface area (Å²) in [5, 5.41) is 3.22. The van der Waals surface area contributed by atoms with Gasteiger partial charge in [-0.3, -0.25) is 4.79 Å². The molecule has 1 saturated heterocycles. The van der Waals surface area contributed by atoms with E-state index < -0.39 is 5.91 Å². The Kier molecular flexibility index (Phi) is 4.93. The number of carbonyl (C=O) groups is 1. The Balaban J connectivity index is 0.000000165. The van der Waals surface area contributed by atoms with E-state index in [9.17, 15) is 4.79 Å². The van der Waals surface area contributed by atoms with E-state index in [0.717, 1.165) is 0 Å². The molecule has 1 aromatic rings. The second-order valence-electron chi connectivity index (χ2n) is 2.93. The number of nitrogens with two attached hydrogens (primary N) is 1. The van der Waals surface area contributed by atoms with Crippen LogP contribution in [0.1, 0.15) is 22.5 Å². The van der Waals surface area contributed by atoms with Crippen molar-refractivity contribution >= 4 is 28.8 Å². The number of hydrogen-bond donors (Lipinski definition) is 2. The number of amides is 1. The summed E-state index contributed by atoms with van der Waals surface area (Å²) in [5.74, 6) is -0.424. The van der Waals surface area contributed by atoms with Crippen molar-refractivity contribution in [1.29, 1.82) is 0 Å². The second kappa shape index (κ2) is 6.01. The van der Waals surface area contributed by atoms with E-state index in [1.54, 1.807) is 12.1 Å². The van der Waals surface area contributed by atoms with Crippen LogP contribution in [0.15, 0.2) is 12.1 Å². The van der Waals surface area contributed by atoms with Crippen molar-refractivity contribution < 1.29 is 4.79 Å². The van der Waals surface area contributed by atoms with Gasteiger partial charge in [-0.15, -0.1) is 11.3 Å². The van der Waals surface area contributed by atoms with Gasteiger partial charge in [0.2, 0.25) is 0 Å². The Morgan fingerprint density at radius 3 is 2.29 bits per heavy atom. The van der Waals surface area contributed by atoms with Gasteiger partial charge in [0.1, 0.15) is 0 Å². The Hall–Kier alpha value is -0.580. The monoisotopic (exact) mass is 232 g/mol. The van der Waals surface area contributed by atoms with Gasteiger partial charge in [0.25, 0.3) is 5.91 Å². The molecule has 1 fully saturated rings. The van der Waals surface area contributed by atoms with Crippen molar-refractivity contribution in [3.05, 3.63) is 21.3 Å². The van der Waals surface area contributed by atoms with Crippen molar-refractivity contribution in [3.63, 3.8) is 0 Å². The predicted octanol–water partition coefficient (Wildman–Crippen LogP) is 1.87. The van der Waals surface area contributed by atoms with Crippen LogP contribution in [0, 0.1) is 0 Å². The molecule has 3 N–H and O–H groups in total. The fourth-order valence-corrected chi connectivity index (χ4v) is 1.97. The van der Waals surface area contributed by atoms with E-state index in [4.69, 9.17) is 17.3 Å². The summed E-state index contributed by atoms with van der Waals surface area (Å²) in [4.78, 5) is 10.9. The van der Waals surface area contributed by atoms with Crippen LogP contribution in [0.25, 0.3) is 0 Å². The zero-order valence-electron chi connectivity index (χ0n) is 7.75. The quantitative estimate of drug-likeness (QED) is 0.777. The number of nitrogens with one attached hydrogen (secondary N) is 1. The average Bonchev–Trinajstić information content (AvgIpc) is 2.74. The topological polar surface area (TPSA) is 55.1 Å². The Morgan fingerprint density at radius 1 is 1.43 bits per heavy atom. The van der Waals surface area contributed by atoms with E-state index >= 15 is 0 Å². The minimum absolute atomic E-state index is 0.424. The molecule has 0 bridgehead atoms. The maximum Gasteiger partial charge on any atom is 0.258 e. The minimum atomic E-state index is -0.424. The molecule has 0 unspecified atom stereocenters. The zero-order valence-corrected chi connectivity index (χ0v) is 9.33. The smallest absolute Gasteiger partial charge is 0.258 e. The predicted molar refractivity (Wildman–Crippen MR) is 60.0 cm³/mol. The molecule has 0 spiro atoms. The van der Waals surface area contributed by atoms with Gasteiger partial charge in [-0.25, -0.2) is 0 Å². The third kappa shape index (κ3) is 4.09. The molecule has 1 amide bonds. The Labute approximate surface area is 92.3 Å². The van der Waals surface area contributed by atoms with E-state index in [0.29, 0.717) is 9.21 Å². The molecule has 0 atom stereocenters. The van der Waals surface area contributed by atoms with Gasteiger partial charge in [0.15, 0.2) is 0 Å². The molecule has 0 aliphatic carbocycles. The molecular formula is C9H13ClN2OS.